The number of hydrogen-bond acceptors (Lipinski definition) is 2. The second kappa shape index (κ2) is 44.7. The molecule has 12 heteroatoms. The van der Waals surface area contributed by atoms with Crippen molar-refractivity contribution in [3.8, 4) is 0 Å². The van der Waals surface area contributed by atoms with Gasteiger partial charge in [-0.05, 0) is 6.42 Å². The van der Waals surface area contributed by atoms with E-state index in [1.807, 2.05) is 0 Å². The molecule has 0 bridgehead atoms. The molecule has 1 atom stereocenters. The monoisotopic (exact) mass is 301 g/mol. The molecule has 0 spiro atoms. The first-order valence-electron chi connectivity index (χ1n) is 3.69. The maximum Gasteiger partial charge on any atom is 0.250 e. The van der Waals surface area contributed by atoms with E-state index in [9.17, 15) is 9.28 Å². The molecule has 0 saturated carbocycles. The molecule has 1 unspecified atom stereocenters. The summed E-state index contributed by atoms with van der Waals surface area (Å²) in [7, 11) is 1.54. The summed E-state index contributed by atoms with van der Waals surface area (Å²) in [5, 5.41) is 0. The summed E-state index contributed by atoms with van der Waals surface area (Å²) in [5.74, 6) is -0.901. The van der Waals surface area contributed by atoms with E-state index in [0.717, 1.165) is 5.54 Å². The molecule has 0 aromatic rings. The quantitative estimate of drug-likeness (QED) is 0.629. The van der Waals surface area contributed by atoms with Gasteiger partial charge in [0.25, 0.3) is 5.91 Å². The van der Waals surface area contributed by atoms with Crippen molar-refractivity contribution in [3.63, 3.8) is 0 Å². The molecule has 0 radical (unpaired) electrons. The Morgan fingerprint density at radius 2 is 1.39 bits per heavy atom. The number of ether oxygens (including phenoxy) is 1. The van der Waals surface area contributed by atoms with Gasteiger partial charge in [-0.15, -0.1) is 4.48 Å². The lowest BCUT2D eigenvalue weighted by molar-refractivity contribution is -0.129. The summed E-state index contributed by atoms with van der Waals surface area (Å²) in [6.07, 6.45) is 0.548. The van der Waals surface area contributed by atoms with Gasteiger partial charge in [0.2, 0.25) is 0 Å². The van der Waals surface area contributed by atoms with Gasteiger partial charge in [-0.1, -0.05) is 6.92 Å². The van der Waals surface area contributed by atoms with Crippen LogP contribution in [-0.2, 0) is 9.53 Å². The Morgan fingerprint density at radius 3 is 1.61 bits per heavy atom. The molecule has 0 aliphatic rings. The van der Waals surface area contributed by atoms with E-state index in [-0.39, 0.29) is 5.92 Å². The van der Waals surface area contributed by atoms with Crippen LogP contribution in [0.3, 0.4) is 0 Å². The van der Waals surface area contributed by atoms with E-state index < -0.39 is 5.91 Å². The molecule has 116 valence electrons. The van der Waals surface area contributed by atoms with Crippen molar-refractivity contribution < 1.29 is 50.6 Å². The van der Waals surface area contributed by atoms with Crippen molar-refractivity contribution in [1.29, 1.82) is 0 Å². The molecule has 0 fully saturated rings. The van der Waals surface area contributed by atoms with Crippen LogP contribution in [0.2, 0.25) is 0 Å². The van der Waals surface area contributed by atoms with Gasteiger partial charge in [0.15, 0.2) is 0 Å². The zero-order valence-electron chi connectivity index (χ0n) is 9.21. The first kappa shape index (κ1) is 30.1. The largest absolute Gasteiger partial charge is 0.385 e. The van der Waals surface area contributed by atoms with Gasteiger partial charge in [-0.25, -0.2) is 0 Å². The summed E-state index contributed by atoms with van der Waals surface area (Å²) in [4.78, 5) is 10.5. The molecule has 3 nitrogen and oxygen atoms in total. The summed E-state index contributed by atoms with van der Waals surface area (Å²) < 4.78 is 80.1. The summed E-state index contributed by atoms with van der Waals surface area (Å²) in [6, 6.07) is 0. The van der Waals surface area contributed by atoms with Crippen LogP contribution in [0.1, 0.15) is 13.3 Å². The van der Waals surface area contributed by atoms with Crippen LogP contribution in [0.5, 0.6) is 0 Å². The molecule has 0 aromatic heterocycles. The lowest BCUT2D eigenvalue weighted by Gasteiger charge is -2.05. The van der Waals surface area contributed by atoms with E-state index in [1.165, 1.54) is 0 Å². The maximum absolute atomic E-state index is 11.4. The van der Waals surface area contributed by atoms with Gasteiger partial charge in [0.1, 0.15) is 0 Å². The average molecular weight is 301 g/mol. The molecule has 0 aromatic carbocycles. The average Bonchev–Trinajstić information content (AvgIpc) is 2.51. The molecular formula is C6H12F9NO2. The predicted molar refractivity (Wildman–Crippen MR) is 43.8 cm³/mol. The van der Waals surface area contributed by atoms with Gasteiger partial charge < -0.3 is 4.74 Å². The van der Waals surface area contributed by atoms with Crippen molar-refractivity contribution in [3.05, 3.63) is 0 Å². The predicted octanol–water partition coefficient (Wildman–Crippen LogP) is 4.02. The Balaban J connectivity index is -0.0000000596. The normalized spacial score (nSPS) is 8.39. The van der Waals surface area contributed by atoms with Crippen LogP contribution in [-0.4, -0.2) is 19.6 Å². The van der Waals surface area contributed by atoms with Crippen molar-refractivity contribution in [2.75, 3.05) is 13.7 Å². The van der Waals surface area contributed by atoms with Gasteiger partial charge >= 0.3 is 0 Å². The van der Waals surface area contributed by atoms with Crippen molar-refractivity contribution >= 4 is 5.91 Å². The highest BCUT2D eigenvalue weighted by atomic mass is 20.0. The second-order valence-electron chi connectivity index (χ2n) is 2.14. The zero-order chi connectivity index (χ0) is 16.0. The highest BCUT2D eigenvalue weighted by Gasteiger charge is 2.10. The molecule has 18 heavy (non-hydrogen) atoms. The van der Waals surface area contributed by atoms with E-state index in [4.69, 9.17) is 41.3 Å². The second-order valence-corrected chi connectivity index (χ2v) is 2.14. The molecule has 0 rings (SSSR count). The molecule has 0 saturated heterocycles. The lowest BCUT2D eigenvalue weighted by Crippen LogP contribution is -2.23. The van der Waals surface area contributed by atoms with E-state index in [2.05, 4.69) is 0 Å². The number of methoxy groups -OCH3 is 1. The zero-order valence-corrected chi connectivity index (χ0v) is 9.21. The molecule has 1 N–H and O–H groups in total. The summed E-state index contributed by atoms with van der Waals surface area (Å²) in [5.41, 5.74) is 1.08. The number of carbonyl (C=O) groups is 1. The number of rotatable bonds is 4. The molecule has 1 amide bonds. The third kappa shape index (κ3) is 36.4. The van der Waals surface area contributed by atoms with Gasteiger partial charge in [-0.3, -0.25) is 4.79 Å². The fourth-order valence-electron chi connectivity index (χ4n) is 0.519. The molecule has 0 heterocycles. The minimum atomic E-state index is -0.586. The number of carbonyl (C=O) groups excluding carboxylic acids is 1. The van der Waals surface area contributed by atoms with Crippen molar-refractivity contribution in [1.82, 2.24) is 5.54 Å². The topological polar surface area (TPSA) is 38.3 Å². The Labute approximate surface area is 96.3 Å². The third-order valence-corrected chi connectivity index (χ3v) is 1.30. The van der Waals surface area contributed by atoms with E-state index in [0.29, 0.717) is 13.0 Å². The minimum absolute atomic E-state index is 0.315. The van der Waals surface area contributed by atoms with Crippen LogP contribution in [0.15, 0.2) is 0 Å². The number of amides is 1. The summed E-state index contributed by atoms with van der Waals surface area (Å²) >= 11 is 0. The minimum Gasteiger partial charge on any atom is -0.385 e. The van der Waals surface area contributed by atoms with Crippen LogP contribution >= 0.6 is 0 Å². The Hall–Kier alpha value is -1.20. The standard InChI is InChI=1S/C6H12FNO2.4F2/c1-5(3-4-10-2)6(9)8-7;4*1-2/h5H,3-4H2,1-2H3,(H,8,9);;;;. The number of halogens is 9. The van der Waals surface area contributed by atoms with Gasteiger partial charge in [0, 0.05) is 56.2 Å². The third-order valence-electron chi connectivity index (χ3n) is 1.30. The van der Waals surface area contributed by atoms with Crippen LogP contribution < -0.4 is 5.54 Å². The number of hydrogen-bond donors (Lipinski definition) is 1. The Bertz CT molecular complexity index is 121. The van der Waals surface area contributed by atoms with Crippen molar-refractivity contribution in [2.24, 2.45) is 5.92 Å². The van der Waals surface area contributed by atoms with Gasteiger partial charge in [0.05, 0.1) is 0 Å². The van der Waals surface area contributed by atoms with Crippen LogP contribution in [0, 0.1) is 5.92 Å². The Morgan fingerprint density at radius 1 is 1.06 bits per heavy atom. The summed E-state index contributed by atoms with van der Waals surface area (Å²) in [6.45, 7) is 2.13. The molecular weight excluding hydrogens is 289 g/mol. The fourth-order valence-corrected chi connectivity index (χ4v) is 0.519. The first-order chi connectivity index (χ1) is 8.72. The fraction of sp³-hybridized carbons (Fsp3) is 0.833. The Kier molecular flexibility index (Phi) is 74.8. The lowest BCUT2D eigenvalue weighted by atomic mass is 10.1. The highest BCUT2D eigenvalue weighted by Crippen LogP contribution is 2.00. The number of nitrogens with one attached hydrogen (secondary N) is 1. The SMILES string of the molecule is COCCC(C)C(=O)NF.FF.FF.FF.FF. The molecule has 0 aliphatic carbocycles. The maximum atomic E-state index is 11.4. The van der Waals surface area contributed by atoms with E-state index in [1.54, 1.807) is 14.0 Å². The van der Waals surface area contributed by atoms with Crippen molar-refractivity contribution in [2.45, 2.75) is 13.3 Å². The molecule has 0 aliphatic heterocycles. The van der Waals surface area contributed by atoms with Gasteiger partial charge in [-0.2, -0.15) is 5.54 Å². The highest BCUT2D eigenvalue weighted by molar-refractivity contribution is 5.76. The first-order valence-corrected chi connectivity index (χ1v) is 3.69. The smallest absolute Gasteiger partial charge is 0.250 e. The van der Waals surface area contributed by atoms with Crippen LogP contribution in [0.25, 0.3) is 0 Å². The van der Waals surface area contributed by atoms with Crippen LogP contribution in [0.4, 0.5) is 41.1 Å². The van der Waals surface area contributed by atoms with E-state index >= 15 is 0 Å².